The van der Waals surface area contributed by atoms with E-state index >= 15 is 0 Å². The molecule has 1 unspecified atom stereocenters. The molecular weight excluding hydrogens is 339 g/mol. The molecule has 2 heterocycles. The molecule has 0 saturated carbocycles. The normalized spacial score (nSPS) is 21.9. The second-order valence-corrected chi connectivity index (χ2v) is 6.19. The summed E-state index contributed by atoms with van der Waals surface area (Å²) in [7, 11) is 1.53. The Labute approximate surface area is 148 Å². The number of amides is 2. The summed E-state index contributed by atoms with van der Waals surface area (Å²) >= 11 is 0. The number of oxime groups is 1. The lowest BCUT2D eigenvalue weighted by Crippen LogP contribution is -2.40. The van der Waals surface area contributed by atoms with Gasteiger partial charge in [0.15, 0.2) is 0 Å². The molecule has 2 amide bonds. The van der Waals surface area contributed by atoms with E-state index < -0.39 is 17.3 Å². The summed E-state index contributed by atoms with van der Waals surface area (Å²) in [4.78, 5) is 31.9. The molecule has 0 N–H and O–H groups in total. The van der Waals surface area contributed by atoms with Crippen LogP contribution in [0.4, 0.5) is 10.1 Å². The van der Waals surface area contributed by atoms with Crippen LogP contribution in [-0.2, 0) is 14.4 Å². The SMILES string of the molecule is COc1ccc(N2C(=O)CC3(CC(c4ccccc4F)=NO3)C2=O)cc1. The Bertz CT molecular complexity index is 925. The van der Waals surface area contributed by atoms with E-state index in [1.807, 2.05) is 0 Å². The quantitative estimate of drug-likeness (QED) is 0.795. The van der Waals surface area contributed by atoms with Gasteiger partial charge in [-0.1, -0.05) is 23.4 Å². The third-order valence-corrected chi connectivity index (χ3v) is 4.58. The molecule has 2 aromatic rings. The number of rotatable bonds is 3. The number of halogens is 1. The lowest BCUT2D eigenvalue weighted by Gasteiger charge is -2.19. The number of benzene rings is 2. The van der Waals surface area contributed by atoms with E-state index in [-0.39, 0.29) is 24.3 Å². The Morgan fingerprint density at radius 2 is 1.85 bits per heavy atom. The summed E-state index contributed by atoms with van der Waals surface area (Å²) in [5, 5.41) is 3.90. The number of hydrogen-bond acceptors (Lipinski definition) is 5. The van der Waals surface area contributed by atoms with Gasteiger partial charge < -0.3 is 9.57 Å². The van der Waals surface area contributed by atoms with E-state index in [4.69, 9.17) is 9.57 Å². The van der Waals surface area contributed by atoms with Gasteiger partial charge in [-0.25, -0.2) is 9.29 Å². The fourth-order valence-electron chi connectivity index (χ4n) is 3.24. The first kappa shape index (κ1) is 16.3. The van der Waals surface area contributed by atoms with Crippen molar-refractivity contribution in [2.24, 2.45) is 5.16 Å². The highest BCUT2D eigenvalue weighted by molar-refractivity contribution is 6.25. The third kappa shape index (κ3) is 2.44. The van der Waals surface area contributed by atoms with Crippen LogP contribution >= 0.6 is 0 Å². The van der Waals surface area contributed by atoms with E-state index in [1.54, 1.807) is 42.5 Å². The summed E-state index contributed by atoms with van der Waals surface area (Å²) in [6.07, 6.45) is -0.0928. The number of hydrogen-bond donors (Lipinski definition) is 0. The van der Waals surface area contributed by atoms with Crippen molar-refractivity contribution in [3.05, 3.63) is 59.9 Å². The Hall–Kier alpha value is -3.22. The number of methoxy groups -OCH3 is 1. The number of carbonyl (C=O) groups excluding carboxylic acids is 2. The minimum atomic E-state index is -1.41. The van der Waals surface area contributed by atoms with Crippen LogP contribution in [0.25, 0.3) is 0 Å². The van der Waals surface area contributed by atoms with Crippen LogP contribution in [0.1, 0.15) is 18.4 Å². The van der Waals surface area contributed by atoms with Crippen LogP contribution in [0.5, 0.6) is 5.75 Å². The first-order valence-corrected chi connectivity index (χ1v) is 8.05. The van der Waals surface area contributed by atoms with Crippen molar-refractivity contribution in [1.82, 2.24) is 0 Å². The molecule has 1 spiro atoms. The minimum absolute atomic E-state index is 0.0468. The van der Waals surface area contributed by atoms with Gasteiger partial charge in [-0.15, -0.1) is 0 Å². The van der Waals surface area contributed by atoms with Gasteiger partial charge in [0.05, 0.1) is 24.9 Å². The van der Waals surface area contributed by atoms with E-state index in [9.17, 15) is 14.0 Å². The van der Waals surface area contributed by atoms with Gasteiger partial charge in [-0.3, -0.25) is 9.59 Å². The molecule has 26 heavy (non-hydrogen) atoms. The van der Waals surface area contributed by atoms with Gasteiger partial charge in [0.25, 0.3) is 5.91 Å². The van der Waals surface area contributed by atoms with E-state index in [1.165, 1.54) is 13.2 Å². The Morgan fingerprint density at radius 3 is 2.54 bits per heavy atom. The summed E-state index contributed by atoms with van der Waals surface area (Å²) < 4.78 is 19.1. The number of imide groups is 1. The van der Waals surface area contributed by atoms with Crippen LogP contribution in [0, 0.1) is 5.82 Å². The monoisotopic (exact) mass is 354 g/mol. The van der Waals surface area contributed by atoms with Gasteiger partial charge in [0, 0.05) is 12.0 Å². The van der Waals surface area contributed by atoms with E-state index in [2.05, 4.69) is 5.16 Å². The Balaban J connectivity index is 1.61. The van der Waals surface area contributed by atoms with Crippen LogP contribution in [-0.4, -0.2) is 30.2 Å². The average Bonchev–Trinajstić information content (AvgIpc) is 3.17. The lowest BCUT2D eigenvalue weighted by atomic mass is 9.92. The molecule has 7 heteroatoms. The molecule has 2 aliphatic heterocycles. The van der Waals surface area contributed by atoms with Gasteiger partial charge in [-0.2, -0.15) is 0 Å². The summed E-state index contributed by atoms with van der Waals surface area (Å²) in [6.45, 7) is 0. The van der Waals surface area contributed by atoms with Crippen molar-refractivity contribution in [2.75, 3.05) is 12.0 Å². The van der Waals surface area contributed by atoms with Gasteiger partial charge in [0.1, 0.15) is 11.6 Å². The molecular formula is C19H15FN2O4. The summed E-state index contributed by atoms with van der Waals surface area (Å²) in [5.41, 5.74) is -0.386. The van der Waals surface area contributed by atoms with E-state index in [0.717, 1.165) is 4.90 Å². The molecule has 1 fully saturated rings. The van der Waals surface area contributed by atoms with Crippen molar-refractivity contribution in [3.63, 3.8) is 0 Å². The van der Waals surface area contributed by atoms with Crippen LogP contribution in [0.15, 0.2) is 53.7 Å². The van der Waals surface area contributed by atoms with Crippen LogP contribution in [0.3, 0.4) is 0 Å². The molecule has 4 rings (SSSR count). The van der Waals surface area contributed by atoms with E-state index in [0.29, 0.717) is 17.1 Å². The van der Waals surface area contributed by atoms with Gasteiger partial charge >= 0.3 is 0 Å². The van der Waals surface area contributed by atoms with Crippen molar-refractivity contribution in [3.8, 4) is 5.75 Å². The predicted octanol–water partition coefficient (Wildman–Crippen LogP) is 2.66. The fourth-order valence-corrected chi connectivity index (χ4v) is 3.24. The number of anilines is 1. The fraction of sp³-hybridized carbons (Fsp3) is 0.211. The smallest absolute Gasteiger partial charge is 0.281 e. The first-order valence-electron chi connectivity index (χ1n) is 8.05. The number of nitrogens with zero attached hydrogens (tertiary/aromatic N) is 2. The number of ether oxygens (including phenoxy) is 1. The maximum Gasteiger partial charge on any atom is 0.281 e. The Kier molecular flexibility index (Phi) is 3.72. The van der Waals surface area contributed by atoms with Crippen molar-refractivity contribution in [1.29, 1.82) is 0 Å². The highest BCUT2D eigenvalue weighted by Crippen LogP contribution is 2.39. The molecule has 0 radical (unpaired) electrons. The van der Waals surface area contributed by atoms with Crippen molar-refractivity contribution < 1.29 is 23.6 Å². The molecule has 1 atom stereocenters. The number of carbonyl (C=O) groups is 2. The van der Waals surface area contributed by atoms with Crippen LogP contribution < -0.4 is 9.64 Å². The standard InChI is InChI=1S/C19H15FN2O4/c1-25-13-8-6-12(7-9-13)22-17(23)11-19(18(22)24)10-16(21-26-19)14-4-2-3-5-15(14)20/h2-9H,10-11H2,1H3. The topological polar surface area (TPSA) is 68.2 Å². The molecule has 0 bridgehead atoms. The van der Waals surface area contributed by atoms with Crippen molar-refractivity contribution in [2.45, 2.75) is 18.4 Å². The predicted molar refractivity (Wildman–Crippen MR) is 91.5 cm³/mol. The molecule has 0 aliphatic carbocycles. The maximum absolute atomic E-state index is 14.0. The largest absolute Gasteiger partial charge is 0.497 e. The minimum Gasteiger partial charge on any atom is -0.497 e. The highest BCUT2D eigenvalue weighted by atomic mass is 19.1. The summed E-state index contributed by atoms with van der Waals surface area (Å²) in [6, 6.07) is 12.7. The zero-order chi connectivity index (χ0) is 18.3. The van der Waals surface area contributed by atoms with Gasteiger partial charge in [-0.05, 0) is 30.3 Å². The molecule has 0 aromatic heterocycles. The van der Waals surface area contributed by atoms with Gasteiger partial charge in [0.2, 0.25) is 11.5 Å². The highest BCUT2D eigenvalue weighted by Gasteiger charge is 2.58. The third-order valence-electron chi connectivity index (χ3n) is 4.58. The molecule has 2 aliphatic rings. The average molecular weight is 354 g/mol. The zero-order valence-corrected chi connectivity index (χ0v) is 13.9. The Morgan fingerprint density at radius 1 is 1.12 bits per heavy atom. The molecule has 2 aromatic carbocycles. The van der Waals surface area contributed by atoms with Crippen LogP contribution in [0.2, 0.25) is 0 Å². The zero-order valence-electron chi connectivity index (χ0n) is 13.9. The molecule has 132 valence electrons. The molecule has 1 saturated heterocycles. The molecule has 6 nitrogen and oxygen atoms in total. The second-order valence-electron chi connectivity index (χ2n) is 6.19. The second kappa shape index (κ2) is 5.94. The first-order chi connectivity index (χ1) is 12.5. The maximum atomic E-state index is 14.0. The lowest BCUT2D eigenvalue weighted by molar-refractivity contribution is -0.136. The summed E-state index contributed by atoms with van der Waals surface area (Å²) in [5.74, 6) is -0.714. The van der Waals surface area contributed by atoms with Crippen molar-refractivity contribution >= 4 is 23.2 Å².